The van der Waals surface area contributed by atoms with Gasteiger partial charge in [-0.2, -0.15) is 0 Å². The van der Waals surface area contributed by atoms with E-state index in [1.165, 1.54) is 30.4 Å². The average Bonchev–Trinajstić information content (AvgIpc) is 2.73. The number of fused-ring (bicyclic) bond motifs is 2. The highest BCUT2D eigenvalue weighted by Crippen LogP contribution is 2.51. The third-order valence-electron chi connectivity index (χ3n) is 7.33. The molecule has 0 spiro atoms. The summed E-state index contributed by atoms with van der Waals surface area (Å²) in [5, 5.41) is 1.04. The van der Waals surface area contributed by atoms with E-state index in [0.717, 1.165) is 30.0 Å². The van der Waals surface area contributed by atoms with Crippen molar-refractivity contribution in [2.45, 2.75) is 106 Å². The van der Waals surface area contributed by atoms with E-state index in [0.29, 0.717) is 17.3 Å². The Morgan fingerprint density at radius 3 is 2.17 bits per heavy atom. The van der Waals surface area contributed by atoms with Crippen LogP contribution in [0.3, 0.4) is 0 Å². The van der Waals surface area contributed by atoms with Crippen LogP contribution in [0.25, 0.3) is 0 Å². The fourth-order valence-corrected chi connectivity index (χ4v) is 7.68. The van der Waals surface area contributed by atoms with Crippen LogP contribution in [0.5, 0.6) is 0 Å². The molecule has 0 heterocycles. The first-order chi connectivity index (χ1) is 13.6. The van der Waals surface area contributed by atoms with Crippen molar-refractivity contribution in [3.05, 3.63) is 21.9 Å². The standard InChI is InChI=1S/C26H42O3Si/c1-25(2,3)17-13-14-18-16(15-17)11-10-12-19-20(18)22(29-24(28)26(4,5)6)21(27)23(19)30(7,8)9/h16-17,22H,10-15H2,1-9H3/t16-,17-,22?/m0/s1. The zero-order valence-electron chi connectivity index (χ0n) is 20.7. The van der Waals surface area contributed by atoms with Crippen LogP contribution in [-0.4, -0.2) is 25.9 Å². The van der Waals surface area contributed by atoms with Gasteiger partial charge in [0.1, 0.15) is 0 Å². The van der Waals surface area contributed by atoms with Crippen LogP contribution in [0, 0.1) is 22.7 Å². The molecule has 0 N–H and O–H groups in total. The second-order valence-electron chi connectivity index (χ2n) is 12.9. The predicted octanol–water partition coefficient (Wildman–Crippen LogP) is 6.64. The highest BCUT2D eigenvalue weighted by Gasteiger charge is 2.48. The lowest BCUT2D eigenvalue weighted by Crippen LogP contribution is -2.37. The van der Waals surface area contributed by atoms with Gasteiger partial charge in [0.25, 0.3) is 0 Å². The molecule has 0 bridgehead atoms. The van der Waals surface area contributed by atoms with Gasteiger partial charge in [-0.25, -0.2) is 0 Å². The number of ketones is 1. The number of carbonyl (C=O) groups excluding carboxylic acids is 2. The average molecular weight is 431 g/mol. The van der Waals surface area contributed by atoms with Crippen molar-refractivity contribution in [2.24, 2.45) is 22.7 Å². The minimum atomic E-state index is -1.85. The molecule has 0 aromatic rings. The van der Waals surface area contributed by atoms with E-state index in [1.807, 2.05) is 20.8 Å². The Kier molecular flexibility index (Phi) is 6.08. The second kappa shape index (κ2) is 7.76. The summed E-state index contributed by atoms with van der Waals surface area (Å²) in [6.07, 6.45) is 6.00. The molecule has 3 aliphatic rings. The van der Waals surface area contributed by atoms with E-state index >= 15 is 0 Å². The number of hydrogen-bond acceptors (Lipinski definition) is 3. The minimum absolute atomic E-state index is 0.0860. The van der Waals surface area contributed by atoms with E-state index in [4.69, 9.17) is 4.74 Å². The van der Waals surface area contributed by atoms with Gasteiger partial charge in [0, 0.05) is 5.57 Å². The Labute approximate surface area is 184 Å². The third kappa shape index (κ3) is 4.40. The lowest BCUT2D eigenvalue weighted by Gasteiger charge is -2.40. The molecule has 1 unspecified atom stereocenters. The van der Waals surface area contributed by atoms with Crippen molar-refractivity contribution in [2.75, 3.05) is 0 Å². The smallest absolute Gasteiger partial charge is 0.312 e. The van der Waals surface area contributed by atoms with Crippen molar-refractivity contribution < 1.29 is 14.3 Å². The number of carbonyl (C=O) groups is 2. The monoisotopic (exact) mass is 430 g/mol. The van der Waals surface area contributed by atoms with E-state index in [9.17, 15) is 9.59 Å². The van der Waals surface area contributed by atoms with Crippen molar-refractivity contribution in [1.82, 2.24) is 0 Å². The van der Waals surface area contributed by atoms with Crippen LogP contribution in [0.2, 0.25) is 19.6 Å². The molecule has 0 aliphatic heterocycles. The number of hydrogen-bond donors (Lipinski definition) is 0. The molecule has 1 saturated carbocycles. The SMILES string of the molecule is CC(C)(C)C(=O)OC1C(=O)C([Si](C)(C)C)=C2CCC[C@H]3C[C@@H](C(C)(C)C)CCC3=C21. The second-order valence-corrected chi connectivity index (χ2v) is 17.9. The number of Topliss-reactive ketones (excluding diaryl/α,β-unsaturated/α-hetero) is 1. The maximum Gasteiger partial charge on any atom is 0.312 e. The van der Waals surface area contributed by atoms with Gasteiger partial charge in [0.15, 0.2) is 11.9 Å². The Balaban J connectivity index is 2.10. The fraction of sp³-hybridized carbons (Fsp3) is 0.769. The molecular formula is C26H42O3Si. The van der Waals surface area contributed by atoms with Gasteiger partial charge in [-0.1, -0.05) is 46.0 Å². The third-order valence-corrected chi connectivity index (χ3v) is 9.38. The van der Waals surface area contributed by atoms with Gasteiger partial charge in [0.05, 0.1) is 13.5 Å². The summed E-state index contributed by atoms with van der Waals surface area (Å²) in [4.78, 5) is 26.5. The molecule has 168 valence electrons. The zero-order valence-corrected chi connectivity index (χ0v) is 21.7. The largest absolute Gasteiger partial charge is 0.449 e. The maximum absolute atomic E-state index is 13.7. The summed E-state index contributed by atoms with van der Waals surface area (Å²) < 4.78 is 6.02. The number of rotatable bonds is 2. The van der Waals surface area contributed by atoms with Crippen LogP contribution < -0.4 is 0 Å². The molecule has 3 aliphatic carbocycles. The molecule has 4 heteroatoms. The molecule has 1 fully saturated rings. The Bertz CT molecular complexity index is 796. The molecule has 3 atom stereocenters. The fourth-order valence-electron chi connectivity index (χ4n) is 5.64. The minimum Gasteiger partial charge on any atom is -0.449 e. The Morgan fingerprint density at radius 2 is 1.63 bits per heavy atom. The Morgan fingerprint density at radius 1 is 1.00 bits per heavy atom. The normalized spacial score (nSPS) is 28.3. The quantitative estimate of drug-likeness (QED) is 0.364. The first-order valence-electron chi connectivity index (χ1n) is 11.8. The topological polar surface area (TPSA) is 43.4 Å². The predicted molar refractivity (Wildman–Crippen MR) is 126 cm³/mol. The van der Waals surface area contributed by atoms with Crippen molar-refractivity contribution in [1.29, 1.82) is 0 Å². The summed E-state index contributed by atoms with van der Waals surface area (Å²) in [5.41, 5.74) is 3.54. The molecule has 0 saturated heterocycles. The molecule has 30 heavy (non-hydrogen) atoms. The van der Waals surface area contributed by atoms with Crippen molar-refractivity contribution in [3.8, 4) is 0 Å². The summed E-state index contributed by atoms with van der Waals surface area (Å²) >= 11 is 0. The lowest BCUT2D eigenvalue weighted by molar-refractivity contribution is -0.159. The molecule has 0 radical (unpaired) electrons. The van der Waals surface area contributed by atoms with Crippen molar-refractivity contribution in [3.63, 3.8) is 0 Å². The summed E-state index contributed by atoms with van der Waals surface area (Å²) in [6.45, 7) is 19.4. The number of ether oxygens (including phenoxy) is 1. The molecule has 0 aromatic carbocycles. The van der Waals surface area contributed by atoms with Crippen molar-refractivity contribution >= 4 is 19.8 Å². The van der Waals surface area contributed by atoms with E-state index in [1.54, 1.807) is 0 Å². The van der Waals surface area contributed by atoms with Gasteiger partial charge in [0.2, 0.25) is 0 Å². The highest BCUT2D eigenvalue weighted by atomic mass is 28.3. The van der Waals surface area contributed by atoms with Gasteiger partial charge < -0.3 is 4.74 Å². The van der Waals surface area contributed by atoms with E-state index in [-0.39, 0.29) is 11.8 Å². The first kappa shape index (κ1) is 23.5. The molecule has 3 rings (SSSR count). The molecule has 0 aromatic heterocycles. The maximum atomic E-state index is 13.7. The summed E-state index contributed by atoms with van der Waals surface area (Å²) in [5.74, 6) is 1.05. The van der Waals surface area contributed by atoms with Gasteiger partial charge in [-0.05, 0) is 87.3 Å². The molecule has 0 amide bonds. The van der Waals surface area contributed by atoms with Gasteiger partial charge >= 0.3 is 5.97 Å². The highest BCUT2D eigenvalue weighted by molar-refractivity contribution is 6.88. The number of allylic oxidation sites excluding steroid dienone is 1. The Hall–Kier alpha value is -1.16. The van der Waals surface area contributed by atoms with Crippen LogP contribution >= 0.6 is 0 Å². The lowest BCUT2D eigenvalue weighted by atomic mass is 9.66. The first-order valence-corrected chi connectivity index (χ1v) is 15.3. The molecular weight excluding hydrogens is 388 g/mol. The van der Waals surface area contributed by atoms with Gasteiger partial charge in [-0.15, -0.1) is 0 Å². The van der Waals surface area contributed by atoms with E-state index in [2.05, 4.69) is 40.4 Å². The zero-order chi connectivity index (χ0) is 22.6. The van der Waals surface area contributed by atoms with E-state index < -0.39 is 19.6 Å². The van der Waals surface area contributed by atoms with Crippen LogP contribution in [0.15, 0.2) is 21.9 Å². The molecule has 3 nitrogen and oxygen atoms in total. The van der Waals surface area contributed by atoms with Gasteiger partial charge in [-0.3, -0.25) is 9.59 Å². The van der Waals surface area contributed by atoms with Crippen LogP contribution in [0.4, 0.5) is 0 Å². The van der Waals surface area contributed by atoms with Crippen LogP contribution in [-0.2, 0) is 14.3 Å². The summed E-state index contributed by atoms with van der Waals surface area (Å²) in [7, 11) is -1.85. The van der Waals surface area contributed by atoms with Crippen LogP contribution in [0.1, 0.15) is 80.1 Å². The summed E-state index contributed by atoms with van der Waals surface area (Å²) in [6, 6.07) is 0. The number of esters is 1.